The van der Waals surface area contributed by atoms with Gasteiger partial charge in [0.15, 0.2) is 0 Å². The molecule has 28 heavy (non-hydrogen) atoms. The van der Waals surface area contributed by atoms with Crippen molar-refractivity contribution in [3.63, 3.8) is 0 Å². The fourth-order valence-electron chi connectivity index (χ4n) is 2.99. The van der Waals surface area contributed by atoms with E-state index in [2.05, 4.69) is 55.7 Å². The Bertz CT molecular complexity index is 819. The molecule has 0 saturated heterocycles. The molecule has 0 aliphatic carbocycles. The van der Waals surface area contributed by atoms with E-state index in [1.165, 1.54) is 30.9 Å². The summed E-state index contributed by atoms with van der Waals surface area (Å²) in [7, 11) is 1.40. The SMILES string of the molecule is CCc1ccc([C@H](NCC(=O)Nc2ccc([N+](=O)[O-])cc2OC)C(C)C)cc1. The minimum atomic E-state index is -0.507. The highest BCUT2D eigenvalue weighted by Gasteiger charge is 2.18. The number of hydrogen-bond donors (Lipinski definition) is 2. The fourth-order valence-corrected chi connectivity index (χ4v) is 2.99. The first-order chi connectivity index (χ1) is 13.3. The molecule has 0 unspecified atom stereocenters. The van der Waals surface area contributed by atoms with Gasteiger partial charge >= 0.3 is 0 Å². The Labute approximate surface area is 165 Å². The van der Waals surface area contributed by atoms with Gasteiger partial charge < -0.3 is 15.4 Å². The fraction of sp³-hybridized carbons (Fsp3) is 0.381. The van der Waals surface area contributed by atoms with Crippen molar-refractivity contribution in [2.75, 3.05) is 19.0 Å². The number of benzene rings is 2. The lowest BCUT2D eigenvalue weighted by Crippen LogP contribution is -2.33. The molecular weight excluding hydrogens is 358 g/mol. The molecule has 0 radical (unpaired) electrons. The van der Waals surface area contributed by atoms with Gasteiger partial charge in [-0.3, -0.25) is 14.9 Å². The number of nitrogens with one attached hydrogen (secondary N) is 2. The Balaban J connectivity index is 2.04. The van der Waals surface area contributed by atoms with Crippen LogP contribution in [0.5, 0.6) is 5.75 Å². The maximum absolute atomic E-state index is 12.4. The van der Waals surface area contributed by atoms with Crippen LogP contribution >= 0.6 is 0 Å². The van der Waals surface area contributed by atoms with Crippen molar-refractivity contribution in [1.29, 1.82) is 0 Å². The number of methoxy groups -OCH3 is 1. The summed E-state index contributed by atoms with van der Waals surface area (Å²) in [6.07, 6.45) is 0.986. The zero-order chi connectivity index (χ0) is 20.7. The molecule has 150 valence electrons. The lowest BCUT2D eigenvalue weighted by Gasteiger charge is -2.23. The molecule has 1 atom stereocenters. The van der Waals surface area contributed by atoms with E-state index in [1.807, 2.05) is 0 Å². The highest BCUT2D eigenvalue weighted by molar-refractivity contribution is 5.94. The van der Waals surface area contributed by atoms with Crippen LogP contribution in [0.2, 0.25) is 0 Å². The van der Waals surface area contributed by atoms with Crippen LogP contribution in [-0.2, 0) is 11.2 Å². The molecule has 0 spiro atoms. The normalized spacial score (nSPS) is 11.9. The summed E-state index contributed by atoms with van der Waals surface area (Å²) in [6.45, 7) is 6.42. The number of carbonyl (C=O) groups excluding carboxylic acids is 1. The molecule has 2 rings (SSSR count). The van der Waals surface area contributed by atoms with Gasteiger partial charge in [-0.1, -0.05) is 45.0 Å². The van der Waals surface area contributed by atoms with Crippen molar-refractivity contribution < 1.29 is 14.5 Å². The number of ether oxygens (including phenoxy) is 1. The molecule has 0 aromatic heterocycles. The van der Waals surface area contributed by atoms with E-state index in [0.29, 0.717) is 11.6 Å². The predicted molar refractivity (Wildman–Crippen MR) is 110 cm³/mol. The van der Waals surface area contributed by atoms with Crippen LogP contribution in [0.3, 0.4) is 0 Å². The monoisotopic (exact) mass is 385 g/mol. The first kappa shape index (κ1) is 21.4. The molecule has 0 aliphatic heterocycles. The highest BCUT2D eigenvalue weighted by atomic mass is 16.6. The molecule has 0 saturated carbocycles. The van der Waals surface area contributed by atoms with Crippen molar-refractivity contribution in [2.45, 2.75) is 33.2 Å². The number of nitro groups is 1. The van der Waals surface area contributed by atoms with E-state index in [4.69, 9.17) is 4.74 Å². The third-order valence-electron chi connectivity index (χ3n) is 4.57. The highest BCUT2D eigenvalue weighted by Crippen LogP contribution is 2.29. The lowest BCUT2D eigenvalue weighted by atomic mass is 9.95. The number of nitrogens with zero attached hydrogens (tertiary/aromatic N) is 1. The summed E-state index contributed by atoms with van der Waals surface area (Å²) in [5, 5.41) is 16.9. The first-order valence-electron chi connectivity index (χ1n) is 9.30. The van der Waals surface area contributed by atoms with Crippen LogP contribution < -0.4 is 15.4 Å². The second-order valence-electron chi connectivity index (χ2n) is 6.89. The third kappa shape index (κ3) is 5.53. The third-order valence-corrected chi connectivity index (χ3v) is 4.57. The Hall–Kier alpha value is -2.93. The summed E-state index contributed by atoms with van der Waals surface area (Å²) in [6, 6.07) is 12.5. The van der Waals surface area contributed by atoms with Crippen molar-refractivity contribution in [3.05, 3.63) is 63.7 Å². The minimum Gasteiger partial charge on any atom is -0.494 e. The first-order valence-corrected chi connectivity index (χ1v) is 9.30. The van der Waals surface area contributed by atoms with E-state index in [1.54, 1.807) is 0 Å². The van der Waals surface area contributed by atoms with Crippen LogP contribution in [0.25, 0.3) is 0 Å². The standard InChI is InChI=1S/C21H27N3O4/c1-5-15-6-8-16(9-7-15)21(14(2)3)22-13-20(25)23-18-11-10-17(24(26)27)12-19(18)28-4/h6-12,14,21-22H,5,13H2,1-4H3,(H,23,25)/t21-/m1/s1. The summed E-state index contributed by atoms with van der Waals surface area (Å²) >= 11 is 0. The number of rotatable bonds is 9. The molecule has 2 aromatic carbocycles. The molecule has 0 aliphatic rings. The number of hydrogen-bond acceptors (Lipinski definition) is 5. The number of aryl methyl sites for hydroxylation is 1. The molecule has 1 amide bonds. The van der Waals surface area contributed by atoms with Gasteiger partial charge in [-0.2, -0.15) is 0 Å². The van der Waals surface area contributed by atoms with E-state index >= 15 is 0 Å². The largest absolute Gasteiger partial charge is 0.494 e. The Morgan fingerprint density at radius 3 is 2.39 bits per heavy atom. The van der Waals surface area contributed by atoms with Gasteiger partial charge in [0.1, 0.15) is 5.75 Å². The van der Waals surface area contributed by atoms with Crippen molar-refractivity contribution in [2.24, 2.45) is 5.92 Å². The second-order valence-corrected chi connectivity index (χ2v) is 6.89. The molecule has 2 N–H and O–H groups in total. The number of carbonyl (C=O) groups is 1. The van der Waals surface area contributed by atoms with Crippen LogP contribution in [0, 0.1) is 16.0 Å². The zero-order valence-electron chi connectivity index (χ0n) is 16.7. The van der Waals surface area contributed by atoms with Gasteiger partial charge in [0.25, 0.3) is 5.69 Å². The predicted octanol–water partition coefficient (Wildman–Crippen LogP) is 4.09. The average molecular weight is 385 g/mol. The summed E-state index contributed by atoms with van der Waals surface area (Å²) < 4.78 is 5.15. The van der Waals surface area contributed by atoms with Crippen LogP contribution in [0.15, 0.2) is 42.5 Å². The Kier molecular flexibility index (Phi) is 7.52. The van der Waals surface area contributed by atoms with Crippen LogP contribution in [0.1, 0.15) is 37.9 Å². The van der Waals surface area contributed by atoms with E-state index < -0.39 is 4.92 Å². The molecule has 0 heterocycles. The van der Waals surface area contributed by atoms with E-state index in [0.717, 1.165) is 12.0 Å². The van der Waals surface area contributed by atoms with Crippen LogP contribution in [0.4, 0.5) is 11.4 Å². The van der Waals surface area contributed by atoms with Crippen molar-refractivity contribution in [1.82, 2.24) is 5.32 Å². The van der Waals surface area contributed by atoms with Crippen molar-refractivity contribution >= 4 is 17.3 Å². The Morgan fingerprint density at radius 2 is 1.86 bits per heavy atom. The van der Waals surface area contributed by atoms with Gasteiger partial charge in [-0.05, 0) is 29.5 Å². The smallest absolute Gasteiger partial charge is 0.273 e. The molecule has 2 aromatic rings. The van der Waals surface area contributed by atoms with Gasteiger partial charge in [0.05, 0.1) is 30.3 Å². The topological polar surface area (TPSA) is 93.5 Å². The zero-order valence-corrected chi connectivity index (χ0v) is 16.7. The van der Waals surface area contributed by atoms with Gasteiger partial charge in [-0.15, -0.1) is 0 Å². The summed E-state index contributed by atoms with van der Waals surface area (Å²) in [5.41, 5.74) is 2.71. The molecular formula is C21H27N3O4. The van der Waals surface area contributed by atoms with E-state index in [-0.39, 0.29) is 29.9 Å². The molecule has 0 fully saturated rings. The van der Waals surface area contributed by atoms with Gasteiger partial charge in [-0.25, -0.2) is 0 Å². The number of nitro benzene ring substituents is 1. The minimum absolute atomic E-state index is 0.0374. The number of non-ortho nitro benzene ring substituents is 1. The van der Waals surface area contributed by atoms with Crippen molar-refractivity contribution in [3.8, 4) is 5.75 Å². The maximum atomic E-state index is 12.4. The summed E-state index contributed by atoms with van der Waals surface area (Å²) in [5.74, 6) is 0.301. The Morgan fingerprint density at radius 1 is 1.18 bits per heavy atom. The van der Waals surface area contributed by atoms with E-state index in [9.17, 15) is 14.9 Å². The maximum Gasteiger partial charge on any atom is 0.273 e. The molecule has 7 nitrogen and oxygen atoms in total. The number of amides is 1. The second kappa shape index (κ2) is 9.85. The average Bonchev–Trinajstić information content (AvgIpc) is 2.68. The van der Waals surface area contributed by atoms with Gasteiger partial charge in [0.2, 0.25) is 5.91 Å². The quantitative estimate of drug-likeness (QED) is 0.501. The summed E-state index contributed by atoms with van der Waals surface area (Å²) in [4.78, 5) is 22.8. The van der Waals surface area contributed by atoms with Crippen LogP contribution in [-0.4, -0.2) is 24.5 Å². The number of anilines is 1. The lowest BCUT2D eigenvalue weighted by molar-refractivity contribution is -0.384. The molecule has 7 heteroatoms. The van der Waals surface area contributed by atoms with Gasteiger partial charge in [0, 0.05) is 12.1 Å². The molecule has 0 bridgehead atoms.